The first kappa shape index (κ1) is 25.9. The summed E-state index contributed by atoms with van der Waals surface area (Å²) < 4.78 is 0. The molecule has 0 unspecified atom stereocenters. The van der Waals surface area contributed by atoms with Crippen LogP contribution in [0.25, 0.3) is 0 Å². The number of nitrogens with one attached hydrogen (secondary N) is 2. The standard InChI is InChI=1S/C33H33N2O2P/c1-24-14-8-9-19-27(24)32(36)34-29-21-11-12-22-30(29)35-33(37)28-20-10-13-23-31(28)38(25-15-4-2-5-16-25)26-17-6-3-7-18-26/h2-10,13-20,23,29-30H,11-12,21-22H2,1H3,(H,34,36)(H,35,37)/t29-,30-/m1/s1. The minimum absolute atomic E-state index is 0.0775. The highest BCUT2D eigenvalue weighted by Crippen LogP contribution is 2.34. The summed E-state index contributed by atoms with van der Waals surface area (Å²) in [5.41, 5.74) is 2.33. The maximum atomic E-state index is 13.8. The Labute approximate surface area is 226 Å². The molecule has 0 radical (unpaired) electrons. The van der Waals surface area contributed by atoms with Crippen LogP contribution in [0.2, 0.25) is 0 Å². The highest BCUT2D eigenvalue weighted by atomic mass is 31.1. The zero-order valence-electron chi connectivity index (χ0n) is 21.6. The molecule has 38 heavy (non-hydrogen) atoms. The van der Waals surface area contributed by atoms with Crippen molar-refractivity contribution in [1.29, 1.82) is 0 Å². The van der Waals surface area contributed by atoms with E-state index in [1.807, 2.05) is 61.5 Å². The molecule has 2 N–H and O–H groups in total. The summed E-state index contributed by atoms with van der Waals surface area (Å²) in [6.45, 7) is 1.95. The first-order chi connectivity index (χ1) is 18.6. The minimum Gasteiger partial charge on any atom is -0.347 e. The summed E-state index contributed by atoms with van der Waals surface area (Å²) in [6, 6.07) is 36.2. The fourth-order valence-electron chi connectivity index (χ4n) is 5.24. The van der Waals surface area contributed by atoms with Gasteiger partial charge in [0.1, 0.15) is 0 Å². The van der Waals surface area contributed by atoms with E-state index in [0.29, 0.717) is 11.1 Å². The quantitative estimate of drug-likeness (QED) is 0.328. The Bertz CT molecular complexity index is 1350. The molecule has 0 aliphatic heterocycles. The molecule has 4 aromatic rings. The van der Waals surface area contributed by atoms with Gasteiger partial charge in [-0.1, -0.05) is 110 Å². The molecule has 1 saturated carbocycles. The van der Waals surface area contributed by atoms with E-state index in [2.05, 4.69) is 65.2 Å². The van der Waals surface area contributed by atoms with Gasteiger partial charge in [-0.05, 0) is 61.3 Å². The zero-order chi connectivity index (χ0) is 26.3. The van der Waals surface area contributed by atoms with Crippen LogP contribution >= 0.6 is 7.92 Å². The summed E-state index contributed by atoms with van der Waals surface area (Å²) in [7, 11) is -0.912. The average Bonchev–Trinajstić information content (AvgIpc) is 2.96. The normalized spacial score (nSPS) is 17.1. The van der Waals surface area contributed by atoms with Gasteiger partial charge in [-0.3, -0.25) is 9.59 Å². The number of rotatable bonds is 7. The molecule has 4 aromatic carbocycles. The predicted molar refractivity (Wildman–Crippen MR) is 157 cm³/mol. The molecular formula is C33H33N2O2P. The van der Waals surface area contributed by atoms with Crippen LogP contribution in [0.1, 0.15) is 52.0 Å². The molecule has 192 valence electrons. The maximum absolute atomic E-state index is 13.8. The Morgan fingerprint density at radius 2 is 1.05 bits per heavy atom. The van der Waals surface area contributed by atoms with Gasteiger partial charge in [0.15, 0.2) is 0 Å². The van der Waals surface area contributed by atoms with Crippen LogP contribution < -0.4 is 26.5 Å². The smallest absolute Gasteiger partial charge is 0.252 e. The van der Waals surface area contributed by atoms with Gasteiger partial charge >= 0.3 is 0 Å². The van der Waals surface area contributed by atoms with Crippen molar-refractivity contribution in [2.75, 3.05) is 0 Å². The topological polar surface area (TPSA) is 58.2 Å². The van der Waals surface area contributed by atoms with Crippen LogP contribution in [0.15, 0.2) is 109 Å². The van der Waals surface area contributed by atoms with Gasteiger partial charge in [0.2, 0.25) is 0 Å². The van der Waals surface area contributed by atoms with E-state index in [-0.39, 0.29) is 23.9 Å². The van der Waals surface area contributed by atoms with Crippen molar-refractivity contribution in [3.05, 3.63) is 126 Å². The van der Waals surface area contributed by atoms with Crippen LogP contribution in [0.3, 0.4) is 0 Å². The first-order valence-corrected chi connectivity index (χ1v) is 14.6. The Morgan fingerprint density at radius 1 is 0.605 bits per heavy atom. The molecule has 0 aromatic heterocycles. The summed E-state index contributed by atoms with van der Waals surface area (Å²) in [4.78, 5) is 26.9. The highest BCUT2D eigenvalue weighted by Gasteiger charge is 2.30. The average molecular weight is 521 g/mol. The molecule has 1 aliphatic carbocycles. The molecule has 0 spiro atoms. The third kappa shape index (κ3) is 5.87. The molecule has 2 amide bonds. The van der Waals surface area contributed by atoms with Gasteiger partial charge in [-0.2, -0.15) is 0 Å². The molecule has 0 saturated heterocycles. The van der Waals surface area contributed by atoms with Gasteiger partial charge in [0.25, 0.3) is 11.8 Å². The summed E-state index contributed by atoms with van der Waals surface area (Å²) in [5, 5.41) is 9.98. The van der Waals surface area contributed by atoms with E-state index in [1.165, 1.54) is 10.6 Å². The summed E-state index contributed by atoms with van der Waals surface area (Å²) >= 11 is 0. The number of hydrogen-bond donors (Lipinski definition) is 2. The number of amides is 2. The van der Waals surface area contributed by atoms with Crippen molar-refractivity contribution >= 4 is 35.6 Å². The minimum atomic E-state index is -0.912. The lowest BCUT2D eigenvalue weighted by atomic mass is 9.89. The van der Waals surface area contributed by atoms with Crippen LogP contribution in [0, 0.1) is 6.92 Å². The number of carbonyl (C=O) groups excluding carboxylic acids is 2. The molecular weight excluding hydrogens is 487 g/mol. The van der Waals surface area contributed by atoms with E-state index in [1.54, 1.807) is 0 Å². The third-order valence-electron chi connectivity index (χ3n) is 7.21. The lowest BCUT2D eigenvalue weighted by Crippen LogP contribution is -2.53. The molecule has 5 rings (SSSR count). The Balaban J connectivity index is 1.41. The van der Waals surface area contributed by atoms with Crippen molar-refractivity contribution in [2.24, 2.45) is 0 Å². The Hall–Kier alpha value is -3.75. The Morgan fingerprint density at radius 3 is 1.61 bits per heavy atom. The number of carbonyl (C=O) groups is 2. The van der Waals surface area contributed by atoms with E-state index < -0.39 is 7.92 Å². The molecule has 0 heterocycles. The number of benzene rings is 4. The molecule has 1 aliphatic rings. The fraction of sp³-hybridized carbons (Fsp3) is 0.212. The van der Waals surface area contributed by atoms with Crippen molar-refractivity contribution < 1.29 is 9.59 Å². The summed E-state index contributed by atoms with van der Waals surface area (Å²) in [5.74, 6) is -0.159. The largest absolute Gasteiger partial charge is 0.347 e. The fourth-order valence-corrected chi connectivity index (χ4v) is 7.69. The van der Waals surface area contributed by atoms with Gasteiger partial charge in [-0.25, -0.2) is 0 Å². The van der Waals surface area contributed by atoms with E-state index in [4.69, 9.17) is 0 Å². The van der Waals surface area contributed by atoms with E-state index in [0.717, 1.165) is 36.6 Å². The zero-order valence-corrected chi connectivity index (χ0v) is 22.5. The summed E-state index contributed by atoms with van der Waals surface area (Å²) in [6.07, 6.45) is 3.77. The maximum Gasteiger partial charge on any atom is 0.252 e. The number of hydrogen-bond acceptors (Lipinski definition) is 2. The van der Waals surface area contributed by atoms with Gasteiger partial charge in [0.05, 0.1) is 0 Å². The second-order valence-corrected chi connectivity index (χ2v) is 12.0. The van der Waals surface area contributed by atoms with Gasteiger partial charge in [0, 0.05) is 23.2 Å². The second kappa shape index (κ2) is 12.2. The van der Waals surface area contributed by atoms with Crippen molar-refractivity contribution in [1.82, 2.24) is 10.6 Å². The molecule has 1 fully saturated rings. The Kier molecular flexibility index (Phi) is 8.31. The van der Waals surface area contributed by atoms with Crippen LogP contribution in [-0.4, -0.2) is 23.9 Å². The molecule has 4 nitrogen and oxygen atoms in total. The second-order valence-electron chi connectivity index (χ2n) is 9.78. The SMILES string of the molecule is Cc1ccccc1C(=O)N[C@@H]1CCCC[C@H]1NC(=O)c1ccccc1P(c1ccccc1)c1ccccc1. The van der Waals surface area contributed by atoms with E-state index in [9.17, 15) is 9.59 Å². The van der Waals surface area contributed by atoms with Crippen molar-refractivity contribution in [2.45, 2.75) is 44.7 Å². The molecule has 2 atom stereocenters. The van der Waals surface area contributed by atoms with Gasteiger partial charge in [-0.15, -0.1) is 0 Å². The lowest BCUT2D eigenvalue weighted by Gasteiger charge is -2.33. The van der Waals surface area contributed by atoms with Crippen LogP contribution in [0.4, 0.5) is 0 Å². The van der Waals surface area contributed by atoms with E-state index >= 15 is 0 Å². The van der Waals surface area contributed by atoms with Gasteiger partial charge < -0.3 is 10.6 Å². The number of aryl methyl sites for hydroxylation is 1. The third-order valence-corrected chi connectivity index (χ3v) is 9.71. The first-order valence-electron chi connectivity index (χ1n) is 13.3. The monoisotopic (exact) mass is 520 g/mol. The molecule has 0 bridgehead atoms. The van der Waals surface area contributed by atoms with Crippen LogP contribution in [-0.2, 0) is 0 Å². The lowest BCUT2D eigenvalue weighted by molar-refractivity contribution is 0.0863. The predicted octanol–water partition coefficient (Wildman–Crippen LogP) is 5.22. The van der Waals surface area contributed by atoms with Crippen molar-refractivity contribution in [3.8, 4) is 0 Å². The highest BCUT2D eigenvalue weighted by molar-refractivity contribution is 7.80. The van der Waals surface area contributed by atoms with Crippen molar-refractivity contribution in [3.63, 3.8) is 0 Å². The van der Waals surface area contributed by atoms with Crippen LogP contribution in [0.5, 0.6) is 0 Å². The molecule has 5 heteroatoms.